The molecule has 1 rings (SSSR count). The van der Waals surface area contributed by atoms with Crippen molar-refractivity contribution in [1.82, 2.24) is 0 Å². The highest BCUT2D eigenvalue weighted by Crippen LogP contribution is 2.31. The molecular formula is C10H12F3NO. The van der Waals surface area contributed by atoms with Gasteiger partial charge in [-0.2, -0.15) is 8.78 Å². The summed E-state index contributed by atoms with van der Waals surface area (Å²) in [6.07, 6.45) is 0. The van der Waals surface area contributed by atoms with E-state index in [2.05, 4.69) is 0 Å². The fourth-order valence-corrected chi connectivity index (χ4v) is 1.27. The van der Waals surface area contributed by atoms with Crippen LogP contribution in [0.25, 0.3) is 0 Å². The smallest absolute Gasteiger partial charge is 0.298 e. The van der Waals surface area contributed by atoms with Crippen LogP contribution in [0.4, 0.5) is 13.2 Å². The summed E-state index contributed by atoms with van der Waals surface area (Å²) >= 11 is 0. The number of aliphatic hydroxyl groups excluding tert-OH is 1. The molecule has 0 heterocycles. The molecule has 1 aromatic carbocycles. The predicted octanol–water partition coefficient (Wildman–Crippen LogP) is 1.93. The maximum Gasteiger partial charge on any atom is 0.298 e. The van der Waals surface area contributed by atoms with Crippen LogP contribution in [0.5, 0.6) is 0 Å². The van der Waals surface area contributed by atoms with Crippen LogP contribution in [0.1, 0.15) is 24.1 Å². The highest BCUT2D eigenvalue weighted by Gasteiger charge is 2.34. The molecule has 0 aliphatic carbocycles. The molecule has 0 aliphatic rings. The number of aliphatic hydroxyl groups is 1. The molecule has 0 spiro atoms. The number of benzene rings is 1. The maximum absolute atomic E-state index is 13.5. The van der Waals surface area contributed by atoms with Gasteiger partial charge in [0, 0.05) is 11.6 Å². The molecule has 0 radical (unpaired) electrons. The topological polar surface area (TPSA) is 46.2 Å². The Labute approximate surface area is 85.5 Å². The third-order valence-electron chi connectivity index (χ3n) is 2.11. The van der Waals surface area contributed by atoms with Crippen molar-refractivity contribution in [2.24, 2.45) is 5.73 Å². The molecule has 0 saturated heterocycles. The Morgan fingerprint density at radius 3 is 2.53 bits per heavy atom. The molecule has 84 valence electrons. The molecule has 0 aromatic heterocycles. The molecule has 0 unspecified atom stereocenters. The van der Waals surface area contributed by atoms with Crippen molar-refractivity contribution < 1.29 is 18.3 Å². The average molecular weight is 219 g/mol. The molecule has 5 heteroatoms. The molecule has 1 atom stereocenters. The Morgan fingerprint density at radius 2 is 2.07 bits per heavy atom. The summed E-state index contributed by atoms with van der Waals surface area (Å²) in [5.74, 6) is -4.62. The number of hydrogen-bond acceptors (Lipinski definition) is 2. The van der Waals surface area contributed by atoms with Gasteiger partial charge in [-0.1, -0.05) is 12.1 Å². The maximum atomic E-state index is 13.5. The van der Waals surface area contributed by atoms with E-state index in [0.717, 1.165) is 6.07 Å². The van der Waals surface area contributed by atoms with E-state index in [-0.39, 0.29) is 5.56 Å². The predicted molar refractivity (Wildman–Crippen MR) is 50.0 cm³/mol. The number of halogens is 3. The summed E-state index contributed by atoms with van der Waals surface area (Å²) in [6, 6.07) is 2.91. The van der Waals surface area contributed by atoms with E-state index in [1.807, 2.05) is 0 Å². The second-order valence-corrected chi connectivity index (χ2v) is 3.36. The lowest BCUT2D eigenvalue weighted by molar-refractivity contribution is -0.0584. The van der Waals surface area contributed by atoms with Gasteiger partial charge in [0.15, 0.2) is 0 Å². The molecular weight excluding hydrogens is 207 g/mol. The molecule has 15 heavy (non-hydrogen) atoms. The highest BCUT2D eigenvalue weighted by atomic mass is 19.3. The third-order valence-corrected chi connectivity index (χ3v) is 2.11. The number of hydrogen-bond donors (Lipinski definition) is 2. The van der Waals surface area contributed by atoms with E-state index in [0.29, 0.717) is 0 Å². The third kappa shape index (κ3) is 2.30. The minimum Gasteiger partial charge on any atom is -0.390 e. The van der Waals surface area contributed by atoms with Gasteiger partial charge in [0.05, 0.1) is 5.56 Å². The minimum atomic E-state index is -3.57. The van der Waals surface area contributed by atoms with E-state index in [9.17, 15) is 13.2 Å². The molecule has 3 N–H and O–H groups in total. The summed E-state index contributed by atoms with van der Waals surface area (Å²) in [5, 5.41) is 8.45. The largest absolute Gasteiger partial charge is 0.390 e. The summed E-state index contributed by atoms with van der Waals surface area (Å²) in [7, 11) is 0. The van der Waals surface area contributed by atoms with E-state index >= 15 is 0 Å². The first kappa shape index (κ1) is 12.0. The van der Waals surface area contributed by atoms with Crippen LogP contribution in [0.2, 0.25) is 0 Å². The van der Waals surface area contributed by atoms with Crippen molar-refractivity contribution in [3.8, 4) is 0 Å². The molecule has 0 aliphatic heterocycles. The van der Waals surface area contributed by atoms with Crippen LogP contribution in [0.3, 0.4) is 0 Å². The second kappa shape index (κ2) is 4.20. The lowest BCUT2D eigenvalue weighted by Gasteiger charge is -2.17. The van der Waals surface area contributed by atoms with Crippen LogP contribution in [0, 0.1) is 5.82 Å². The van der Waals surface area contributed by atoms with Crippen molar-refractivity contribution in [3.63, 3.8) is 0 Å². The van der Waals surface area contributed by atoms with Crippen molar-refractivity contribution in [2.75, 3.05) is 6.61 Å². The Morgan fingerprint density at radius 1 is 1.47 bits per heavy atom. The van der Waals surface area contributed by atoms with Gasteiger partial charge in [-0.15, -0.1) is 0 Å². The van der Waals surface area contributed by atoms with Crippen molar-refractivity contribution in [1.29, 1.82) is 0 Å². The molecule has 0 bridgehead atoms. The van der Waals surface area contributed by atoms with Crippen LogP contribution in [-0.4, -0.2) is 11.7 Å². The van der Waals surface area contributed by atoms with Gasteiger partial charge in [0.2, 0.25) is 0 Å². The molecule has 1 aromatic rings. The Kier molecular flexibility index (Phi) is 3.36. The van der Waals surface area contributed by atoms with E-state index in [1.165, 1.54) is 19.1 Å². The van der Waals surface area contributed by atoms with E-state index < -0.39 is 30.0 Å². The van der Waals surface area contributed by atoms with Crippen LogP contribution >= 0.6 is 0 Å². The van der Waals surface area contributed by atoms with Crippen molar-refractivity contribution in [2.45, 2.75) is 18.9 Å². The van der Waals surface area contributed by atoms with Crippen LogP contribution < -0.4 is 5.73 Å². The van der Waals surface area contributed by atoms with Gasteiger partial charge in [-0.3, -0.25) is 0 Å². The highest BCUT2D eigenvalue weighted by molar-refractivity contribution is 5.31. The van der Waals surface area contributed by atoms with Gasteiger partial charge < -0.3 is 10.8 Å². The molecule has 0 fully saturated rings. The number of nitrogens with two attached hydrogens (primary N) is 1. The summed E-state index contributed by atoms with van der Waals surface area (Å²) in [6.45, 7) is 0.0750. The Bertz CT molecular complexity index is 353. The molecule has 0 amide bonds. The Balaban J connectivity index is 3.27. The molecule has 0 saturated carbocycles. The van der Waals surface area contributed by atoms with Gasteiger partial charge in [0.25, 0.3) is 5.92 Å². The van der Waals surface area contributed by atoms with Gasteiger partial charge >= 0.3 is 0 Å². The SMILES string of the molecule is C[C@@H](N)c1cccc(C(F)(F)CO)c1F. The van der Waals surface area contributed by atoms with Crippen LogP contribution in [-0.2, 0) is 5.92 Å². The lowest BCUT2D eigenvalue weighted by Crippen LogP contribution is -2.22. The van der Waals surface area contributed by atoms with Gasteiger partial charge in [0.1, 0.15) is 12.4 Å². The summed E-state index contributed by atoms with van der Waals surface area (Å²) in [4.78, 5) is 0. The number of alkyl halides is 2. The standard InChI is InChI=1S/C10H12F3NO/c1-6(14)7-3-2-4-8(9(7)11)10(12,13)5-15/h2-4,6,15H,5,14H2,1H3/t6-/m1/s1. The lowest BCUT2D eigenvalue weighted by atomic mass is 10.0. The zero-order valence-electron chi connectivity index (χ0n) is 8.17. The van der Waals surface area contributed by atoms with Gasteiger partial charge in [-0.05, 0) is 13.0 Å². The normalized spacial score (nSPS) is 14.0. The van der Waals surface area contributed by atoms with Crippen molar-refractivity contribution >= 4 is 0 Å². The van der Waals surface area contributed by atoms with E-state index in [4.69, 9.17) is 10.8 Å². The fourth-order valence-electron chi connectivity index (χ4n) is 1.27. The zero-order chi connectivity index (χ0) is 11.6. The van der Waals surface area contributed by atoms with Crippen molar-refractivity contribution in [3.05, 3.63) is 35.1 Å². The average Bonchev–Trinajstić information content (AvgIpc) is 2.17. The fraction of sp³-hybridized carbons (Fsp3) is 0.400. The van der Waals surface area contributed by atoms with Gasteiger partial charge in [-0.25, -0.2) is 4.39 Å². The first-order valence-corrected chi connectivity index (χ1v) is 4.43. The summed E-state index contributed by atoms with van der Waals surface area (Å²) in [5.41, 5.74) is 4.62. The quantitative estimate of drug-likeness (QED) is 0.815. The monoisotopic (exact) mass is 219 g/mol. The first-order valence-electron chi connectivity index (χ1n) is 4.43. The Hall–Kier alpha value is -1.07. The zero-order valence-corrected chi connectivity index (χ0v) is 8.17. The molecule has 2 nitrogen and oxygen atoms in total. The number of rotatable bonds is 3. The van der Waals surface area contributed by atoms with Crippen LogP contribution in [0.15, 0.2) is 18.2 Å². The summed E-state index contributed by atoms with van der Waals surface area (Å²) < 4.78 is 39.7. The second-order valence-electron chi connectivity index (χ2n) is 3.36. The minimum absolute atomic E-state index is 0.0145. The van der Waals surface area contributed by atoms with E-state index in [1.54, 1.807) is 0 Å². The first-order chi connectivity index (χ1) is 6.90.